The second-order valence-corrected chi connectivity index (χ2v) is 3.83. The highest BCUT2D eigenvalue weighted by atomic mass is 35.5. The summed E-state index contributed by atoms with van der Waals surface area (Å²) in [6.45, 7) is 1.87. The quantitative estimate of drug-likeness (QED) is 0.537. The van der Waals surface area contributed by atoms with Crippen molar-refractivity contribution >= 4 is 11.6 Å². The predicted octanol–water partition coefficient (Wildman–Crippen LogP) is 1.84. The number of rotatable bonds is 0. The monoisotopic (exact) mass is 224 g/mol. The zero-order valence-electron chi connectivity index (χ0n) is 8.06. The molecule has 1 aromatic rings. The summed E-state index contributed by atoms with van der Waals surface area (Å²) in [6.07, 6.45) is 2.39. The lowest BCUT2D eigenvalue weighted by Gasteiger charge is -1.96. The summed E-state index contributed by atoms with van der Waals surface area (Å²) in [6, 6.07) is 1.18. The zero-order chi connectivity index (χ0) is 10.7. The van der Waals surface area contributed by atoms with Gasteiger partial charge in [0.05, 0.1) is 5.56 Å². The minimum atomic E-state index is -0.409. The fourth-order valence-corrected chi connectivity index (χ4v) is 1.60. The maximum absolute atomic E-state index is 13.3. The molecule has 1 aromatic heterocycles. The average Bonchev–Trinajstić information content (AvgIpc) is 2.69. The lowest BCUT2D eigenvalue weighted by molar-refractivity contribution is 0.622. The van der Waals surface area contributed by atoms with Crippen LogP contribution in [0.15, 0.2) is 12.3 Å². The van der Waals surface area contributed by atoms with Gasteiger partial charge in [0.15, 0.2) is 0 Å². The first-order valence-electron chi connectivity index (χ1n) is 4.79. The van der Waals surface area contributed by atoms with E-state index in [4.69, 9.17) is 11.6 Å². The first kappa shape index (κ1) is 10.4. The first-order chi connectivity index (χ1) is 7.25. The van der Waals surface area contributed by atoms with Crippen LogP contribution >= 0.6 is 11.6 Å². The molecule has 2 nitrogen and oxygen atoms in total. The van der Waals surface area contributed by atoms with E-state index in [1.165, 1.54) is 12.3 Å². The van der Waals surface area contributed by atoms with Gasteiger partial charge < -0.3 is 5.32 Å². The Kier molecular flexibility index (Phi) is 3.20. The van der Waals surface area contributed by atoms with Crippen molar-refractivity contribution in [1.29, 1.82) is 0 Å². The Morgan fingerprint density at radius 3 is 3.13 bits per heavy atom. The Morgan fingerprint density at radius 2 is 2.47 bits per heavy atom. The van der Waals surface area contributed by atoms with Crippen molar-refractivity contribution in [2.24, 2.45) is 5.92 Å². The molecule has 2 heterocycles. The lowest BCUT2D eigenvalue weighted by Crippen LogP contribution is -2.07. The number of pyridine rings is 1. The maximum atomic E-state index is 13.3. The van der Waals surface area contributed by atoms with Gasteiger partial charge in [0.1, 0.15) is 11.0 Å². The smallest absolute Gasteiger partial charge is 0.143 e. The molecule has 2 rings (SSSR count). The third-order valence-electron chi connectivity index (χ3n) is 2.29. The number of hydrogen-bond acceptors (Lipinski definition) is 2. The molecule has 1 saturated heterocycles. The van der Waals surface area contributed by atoms with E-state index in [2.05, 4.69) is 22.1 Å². The van der Waals surface area contributed by atoms with E-state index in [-0.39, 0.29) is 5.15 Å². The molecule has 0 saturated carbocycles. The number of hydrogen-bond donors (Lipinski definition) is 1. The second-order valence-electron chi connectivity index (χ2n) is 3.45. The molecule has 1 unspecified atom stereocenters. The van der Waals surface area contributed by atoms with Crippen molar-refractivity contribution in [2.45, 2.75) is 6.42 Å². The molecule has 78 valence electrons. The molecule has 0 spiro atoms. The van der Waals surface area contributed by atoms with Gasteiger partial charge in [-0.3, -0.25) is 0 Å². The highest BCUT2D eigenvalue weighted by molar-refractivity contribution is 6.29. The molecule has 0 aliphatic carbocycles. The summed E-state index contributed by atoms with van der Waals surface area (Å²) in [7, 11) is 0. The number of halogens is 2. The Morgan fingerprint density at radius 1 is 1.60 bits per heavy atom. The molecule has 0 amide bonds. The molecule has 1 aliphatic heterocycles. The van der Waals surface area contributed by atoms with Crippen LogP contribution in [0.5, 0.6) is 0 Å². The summed E-state index contributed by atoms with van der Waals surface area (Å²) >= 11 is 5.53. The van der Waals surface area contributed by atoms with Gasteiger partial charge in [-0.2, -0.15) is 0 Å². The van der Waals surface area contributed by atoms with E-state index >= 15 is 0 Å². The summed E-state index contributed by atoms with van der Waals surface area (Å²) in [4.78, 5) is 3.79. The van der Waals surface area contributed by atoms with Gasteiger partial charge in [-0.05, 0) is 13.0 Å². The van der Waals surface area contributed by atoms with E-state index in [9.17, 15) is 4.39 Å². The number of aromatic nitrogens is 1. The van der Waals surface area contributed by atoms with E-state index in [1.807, 2.05) is 0 Å². The lowest BCUT2D eigenvalue weighted by atomic mass is 10.1. The molecule has 0 aromatic carbocycles. The standard InChI is InChI=1S/C11H10ClFN2/c12-11-5-10(13)9(7-15-11)2-1-8-3-4-14-6-8/h5,7-8,14H,3-4,6H2. The van der Waals surface area contributed by atoms with Gasteiger partial charge in [-0.1, -0.05) is 23.4 Å². The van der Waals surface area contributed by atoms with E-state index in [1.54, 1.807) is 0 Å². The largest absolute Gasteiger partial charge is 0.315 e. The Bertz CT molecular complexity index is 416. The van der Waals surface area contributed by atoms with Crippen molar-refractivity contribution in [3.8, 4) is 11.8 Å². The topological polar surface area (TPSA) is 24.9 Å². The van der Waals surface area contributed by atoms with Crippen molar-refractivity contribution in [2.75, 3.05) is 13.1 Å². The van der Waals surface area contributed by atoms with Gasteiger partial charge in [-0.25, -0.2) is 9.37 Å². The fourth-order valence-electron chi connectivity index (χ4n) is 1.46. The highest BCUT2D eigenvalue weighted by Crippen LogP contribution is 2.11. The van der Waals surface area contributed by atoms with Gasteiger partial charge in [-0.15, -0.1) is 0 Å². The van der Waals surface area contributed by atoms with Crippen LogP contribution in [0.1, 0.15) is 12.0 Å². The fraction of sp³-hybridized carbons (Fsp3) is 0.364. The summed E-state index contributed by atoms with van der Waals surface area (Å²) in [5.41, 5.74) is 0.311. The molecular weight excluding hydrogens is 215 g/mol. The minimum absolute atomic E-state index is 0.153. The molecule has 1 N–H and O–H groups in total. The van der Waals surface area contributed by atoms with Crippen molar-refractivity contribution in [3.05, 3.63) is 28.8 Å². The molecule has 1 fully saturated rings. The molecular formula is C11H10ClFN2. The Labute approximate surface area is 92.9 Å². The summed E-state index contributed by atoms with van der Waals surface area (Å²) < 4.78 is 13.3. The molecule has 15 heavy (non-hydrogen) atoms. The van der Waals surface area contributed by atoms with E-state index in [0.717, 1.165) is 19.5 Å². The average molecular weight is 225 g/mol. The van der Waals surface area contributed by atoms with Gasteiger partial charge in [0.25, 0.3) is 0 Å². The van der Waals surface area contributed by atoms with Crippen LogP contribution in [0.3, 0.4) is 0 Å². The third-order valence-corrected chi connectivity index (χ3v) is 2.50. The molecule has 4 heteroatoms. The van der Waals surface area contributed by atoms with Gasteiger partial charge in [0.2, 0.25) is 0 Å². The van der Waals surface area contributed by atoms with Crippen LogP contribution < -0.4 is 5.32 Å². The van der Waals surface area contributed by atoms with Crippen molar-refractivity contribution < 1.29 is 4.39 Å². The summed E-state index contributed by atoms with van der Waals surface area (Å²) in [5, 5.41) is 3.35. The van der Waals surface area contributed by atoms with E-state index < -0.39 is 5.82 Å². The predicted molar refractivity (Wildman–Crippen MR) is 57.1 cm³/mol. The Balaban J connectivity index is 2.15. The van der Waals surface area contributed by atoms with E-state index in [0.29, 0.717) is 11.5 Å². The molecule has 1 atom stereocenters. The molecule has 0 radical (unpaired) electrons. The third kappa shape index (κ3) is 2.68. The number of nitrogens with zero attached hydrogens (tertiary/aromatic N) is 1. The second kappa shape index (κ2) is 4.61. The number of nitrogens with one attached hydrogen (secondary N) is 1. The van der Waals surface area contributed by atoms with Crippen LogP contribution in [0.4, 0.5) is 4.39 Å². The van der Waals surface area contributed by atoms with Crippen LogP contribution in [0.25, 0.3) is 0 Å². The maximum Gasteiger partial charge on any atom is 0.143 e. The highest BCUT2D eigenvalue weighted by Gasteiger charge is 2.10. The van der Waals surface area contributed by atoms with Crippen molar-refractivity contribution in [1.82, 2.24) is 10.3 Å². The molecule has 0 bridgehead atoms. The van der Waals surface area contributed by atoms with Gasteiger partial charge in [0, 0.05) is 24.7 Å². The van der Waals surface area contributed by atoms with Gasteiger partial charge >= 0.3 is 0 Å². The normalized spacial score (nSPS) is 19.7. The minimum Gasteiger partial charge on any atom is -0.315 e. The van der Waals surface area contributed by atoms with Crippen LogP contribution in [-0.2, 0) is 0 Å². The molecule has 1 aliphatic rings. The zero-order valence-corrected chi connectivity index (χ0v) is 8.81. The SMILES string of the molecule is Fc1cc(Cl)ncc1C#CC1CCNC1. The van der Waals surface area contributed by atoms with Crippen molar-refractivity contribution in [3.63, 3.8) is 0 Å². The first-order valence-corrected chi connectivity index (χ1v) is 5.17. The Hall–Kier alpha value is -1.11. The van der Waals surface area contributed by atoms with Crippen LogP contribution in [0, 0.1) is 23.6 Å². The van der Waals surface area contributed by atoms with Crippen LogP contribution in [-0.4, -0.2) is 18.1 Å². The van der Waals surface area contributed by atoms with Crippen LogP contribution in [0.2, 0.25) is 5.15 Å². The summed E-state index contributed by atoms with van der Waals surface area (Å²) in [5.74, 6) is 5.73.